The molecule has 0 saturated heterocycles. The fourth-order valence-electron chi connectivity index (χ4n) is 2.63. The van der Waals surface area contributed by atoms with E-state index in [4.69, 9.17) is 0 Å². The molecule has 0 aliphatic rings. The van der Waals surface area contributed by atoms with Crippen LogP contribution in [0.25, 0.3) is 0 Å². The van der Waals surface area contributed by atoms with Crippen molar-refractivity contribution in [3.05, 3.63) is 77.0 Å². The minimum Gasteiger partial charge on any atom is -0.350 e. The first-order valence-electron chi connectivity index (χ1n) is 8.08. The molecule has 4 heteroatoms. The Labute approximate surface area is 143 Å². The quantitative estimate of drug-likeness (QED) is 0.712. The van der Waals surface area contributed by atoms with Crippen molar-refractivity contribution in [1.29, 1.82) is 0 Å². The van der Waals surface area contributed by atoms with Crippen LogP contribution in [0.1, 0.15) is 22.4 Å². The number of nitrogens with one attached hydrogen (secondary N) is 2. The molecule has 0 saturated carbocycles. The highest BCUT2D eigenvalue weighted by molar-refractivity contribution is 5.65. The van der Waals surface area contributed by atoms with E-state index in [9.17, 15) is 0 Å². The van der Waals surface area contributed by atoms with Gasteiger partial charge in [-0.3, -0.25) is 0 Å². The molecule has 0 radical (unpaired) electrons. The van der Waals surface area contributed by atoms with Gasteiger partial charge in [-0.1, -0.05) is 48.5 Å². The lowest BCUT2D eigenvalue weighted by Crippen LogP contribution is -2.07. The van der Waals surface area contributed by atoms with Gasteiger partial charge in [0.2, 0.25) is 5.95 Å². The molecular weight excluding hydrogens is 296 g/mol. The van der Waals surface area contributed by atoms with Gasteiger partial charge in [-0.15, -0.1) is 0 Å². The van der Waals surface area contributed by atoms with Crippen molar-refractivity contribution in [2.45, 2.75) is 27.3 Å². The van der Waals surface area contributed by atoms with Crippen LogP contribution in [0.3, 0.4) is 0 Å². The Bertz CT molecular complexity index is 808. The van der Waals surface area contributed by atoms with Crippen LogP contribution in [0.4, 0.5) is 17.5 Å². The fraction of sp³-hybridized carbons (Fsp3) is 0.200. The molecule has 0 atom stereocenters. The molecule has 0 aliphatic heterocycles. The van der Waals surface area contributed by atoms with Crippen LogP contribution in [0.15, 0.2) is 54.6 Å². The summed E-state index contributed by atoms with van der Waals surface area (Å²) in [6.45, 7) is 6.87. The largest absolute Gasteiger partial charge is 0.350 e. The maximum absolute atomic E-state index is 4.59. The topological polar surface area (TPSA) is 49.8 Å². The molecule has 0 spiro atoms. The summed E-state index contributed by atoms with van der Waals surface area (Å²) < 4.78 is 0. The van der Waals surface area contributed by atoms with E-state index in [-0.39, 0.29) is 0 Å². The third-order valence-corrected chi connectivity index (χ3v) is 3.88. The van der Waals surface area contributed by atoms with E-state index in [0.29, 0.717) is 12.5 Å². The van der Waals surface area contributed by atoms with E-state index < -0.39 is 0 Å². The fourth-order valence-corrected chi connectivity index (χ4v) is 2.63. The summed E-state index contributed by atoms with van der Waals surface area (Å²) in [5, 5.41) is 6.72. The molecule has 3 aromatic rings. The molecule has 0 bridgehead atoms. The predicted molar refractivity (Wildman–Crippen MR) is 99.7 cm³/mol. The molecule has 0 fully saturated rings. The molecule has 1 heterocycles. The zero-order valence-electron chi connectivity index (χ0n) is 14.3. The van der Waals surface area contributed by atoms with Crippen molar-refractivity contribution in [1.82, 2.24) is 9.97 Å². The summed E-state index contributed by atoms with van der Waals surface area (Å²) in [7, 11) is 0. The molecule has 2 N–H and O–H groups in total. The molecular formula is C20H22N4. The minimum absolute atomic E-state index is 0.632. The highest BCUT2D eigenvalue weighted by Gasteiger charge is 2.06. The van der Waals surface area contributed by atoms with Crippen LogP contribution in [0, 0.1) is 20.8 Å². The molecule has 2 aromatic carbocycles. The average Bonchev–Trinajstić information content (AvgIpc) is 2.57. The maximum Gasteiger partial charge on any atom is 0.225 e. The number of hydrogen-bond donors (Lipinski definition) is 2. The smallest absolute Gasteiger partial charge is 0.225 e. The minimum atomic E-state index is 0.632. The molecule has 4 nitrogen and oxygen atoms in total. The summed E-state index contributed by atoms with van der Waals surface area (Å²) >= 11 is 0. The SMILES string of the molecule is Cc1cc(Nc2c(C)cccc2C)nc(NCc2ccccc2)n1. The second-order valence-electron chi connectivity index (χ2n) is 5.95. The van der Waals surface area contributed by atoms with E-state index in [2.05, 4.69) is 64.8 Å². The Kier molecular flexibility index (Phi) is 4.75. The summed E-state index contributed by atoms with van der Waals surface area (Å²) in [6.07, 6.45) is 0. The van der Waals surface area contributed by atoms with Crippen LogP contribution in [-0.4, -0.2) is 9.97 Å². The van der Waals surface area contributed by atoms with Gasteiger partial charge in [-0.2, -0.15) is 4.98 Å². The lowest BCUT2D eigenvalue weighted by Gasteiger charge is -2.13. The van der Waals surface area contributed by atoms with Crippen LogP contribution < -0.4 is 10.6 Å². The lowest BCUT2D eigenvalue weighted by atomic mass is 10.1. The van der Waals surface area contributed by atoms with Gasteiger partial charge < -0.3 is 10.6 Å². The number of aromatic nitrogens is 2. The standard InChI is InChI=1S/C20H22N4/c1-14-8-7-9-15(2)19(14)23-18-12-16(3)22-20(24-18)21-13-17-10-5-4-6-11-17/h4-12H,13H2,1-3H3,(H2,21,22,23,24). The monoisotopic (exact) mass is 318 g/mol. The highest BCUT2D eigenvalue weighted by atomic mass is 15.1. The van der Waals surface area contributed by atoms with E-state index in [0.717, 1.165) is 17.2 Å². The molecule has 0 unspecified atom stereocenters. The van der Waals surface area contributed by atoms with Gasteiger partial charge in [0.05, 0.1) is 0 Å². The molecule has 0 aliphatic carbocycles. The number of rotatable bonds is 5. The van der Waals surface area contributed by atoms with E-state index >= 15 is 0 Å². The second kappa shape index (κ2) is 7.13. The number of para-hydroxylation sites is 1. The van der Waals surface area contributed by atoms with Gasteiger partial charge >= 0.3 is 0 Å². The first-order valence-corrected chi connectivity index (χ1v) is 8.08. The van der Waals surface area contributed by atoms with Gasteiger partial charge in [-0.25, -0.2) is 4.98 Å². The van der Waals surface area contributed by atoms with Crippen LogP contribution in [0.2, 0.25) is 0 Å². The van der Waals surface area contributed by atoms with Gasteiger partial charge in [0.1, 0.15) is 5.82 Å². The second-order valence-corrected chi connectivity index (χ2v) is 5.95. The van der Waals surface area contributed by atoms with Crippen molar-refractivity contribution in [2.75, 3.05) is 10.6 Å². The molecule has 0 amide bonds. The summed E-state index contributed by atoms with van der Waals surface area (Å²) in [4.78, 5) is 9.07. The van der Waals surface area contributed by atoms with E-state index in [1.807, 2.05) is 31.2 Å². The van der Waals surface area contributed by atoms with E-state index in [1.165, 1.54) is 16.7 Å². The summed E-state index contributed by atoms with van der Waals surface area (Å²) in [5.41, 5.74) is 5.63. The Hall–Kier alpha value is -2.88. The van der Waals surface area contributed by atoms with Crippen LogP contribution in [-0.2, 0) is 6.54 Å². The maximum atomic E-state index is 4.59. The first kappa shape index (κ1) is 16.0. The highest BCUT2D eigenvalue weighted by Crippen LogP contribution is 2.24. The van der Waals surface area contributed by atoms with Crippen LogP contribution >= 0.6 is 0 Å². The molecule has 24 heavy (non-hydrogen) atoms. The normalized spacial score (nSPS) is 10.5. The number of hydrogen-bond acceptors (Lipinski definition) is 4. The van der Waals surface area contributed by atoms with Gasteiger partial charge in [0.15, 0.2) is 0 Å². The zero-order chi connectivity index (χ0) is 16.9. The Morgan fingerprint density at radius 3 is 2.25 bits per heavy atom. The Morgan fingerprint density at radius 1 is 0.833 bits per heavy atom. The molecule has 122 valence electrons. The number of benzene rings is 2. The van der Waals surface area contributed by atoms with Crippen molar-refractivity contribution in [2.24, 2.45) is 0 Å². The van der Waals surface area contributed by atoms with Gasteiger partial charge in [0.25, 0.3) is 0 Å². The summed E-state index contributed by atoms with van der Waals surface area (Å²) in [6, 6.07) is 18.4. The zero-order valence-corrected chi connectivity index (χ0v) is 14.3. The van der Waals surface area contributed by atoms with Gasteiger partial charge in [-0.05, 0) is 37.5 Å². The van der Waals surface area contributed by atoms with Crippen LogP contribution in [0.5, 0.6) is 0 Å². The lowest BCUT2D eigenvalue weighted by molar-refractivity contribution is 1.03. The number of nitrogens with zero attached hydrogens (tertiary/aromatic N) is 2. The number of anilines is 3. The Balaban J connectivity index is 1.79. The Morgan fingerprint density at radius 2 is 1.54 bits per heavy atom. The summed E-state index contributed by atoms with van der Waals surface area (Å²) in [5.74, 6) is 1.43. The van der Waals surface area contributed by atoms with Crippen molar-refractivity contribution in [3.63, 3.8) is 0 Å². The van der Waals surface area contributed by atoms with E-state index in [1.54, 1.807) is 0 Å². The van der Waals surface area contributed by atoms with Gasteiger partial charge in [0, 0.05) is 24.0 Å². The van der Waals surface area contributed by atoms with Crippen molar-refractivity contribution >= 4 is 17.5 Å². The molecule has 1 aromatic heterocycles. The average molecular weight is 318 g/mol. The first-order chi connectivity index (χ1) is 11.6. The third kappa shape index (κ3) is 3.90. The predicted octanol–water partition coefficient (Wildman–Crippen LogP) is 4.76. The molecule has 3 rings (SSSR count). The number of aryl methyl sites for hydroxylation is 3. The third-order valence-electron chi connectivity index (χ3n) is 3.88. The van der Waals surface area contributed by atoms with Crippen molar-refractivity contribution in [3.8, 4) is 0 Å². The van der Waals surface area contributed by atoms with Crippen molar-refractivity contribution < 1.29 is 0 Å².